The summed E-state index contributed by atoms with van der Waals surface area (Å²) >= 11 is 0. The van der Waals surface area contributed by atoms with E-state index in [9.17, 15) is 35.4 Å². The molecule has 0 aliphatic carbocycles. The summed E-state index contributed by atoms with van der Waals surface area (Å²) in [5.41, 5.74) is -0.293. The van der Waals surface area contributed by atoms with Crippen LogP contribution < -0.4 is 0 Å². The van der Waals surface area contributed by atoms with Crippen molar-refractivity contribution in [3.63, 3.8) is 0 Å². The fourth-order valence-electron chi connectivity index (χ4n) is 3.59. The minimum Gasteiger partial charge on any atom is -0.258 e. The fourth-order valence-corrected chi connectivity index (χ4v) is 9.77. The molecule has 0 aromatic heterocycles. The molecule has 1 aromatic rings. The summed E-state index contributed by atoms with van der Waals surface area (Å²) in [6.45, 7) is 0.900. The normalized spacial score (nSPS) is 23.8. The predicted octanol–water partition coefficient (Wildman–Crippen LogP) is -0.274. The van der Waals surface area contributed by atoms with Gasteiger partial charge in [-0.15, -0.1) is 0 Å². The van der Waals surface area contributed by atoms with E-state index in [1.165, 1.54) is 25.1 Å². The molecule has 1 unspecified atom stereocenters. The Morgan fingerprint density at radius 2 is 1.66 bits per heavy atom. The second-order valence-electron chi connectivity index (χ2n) is 7.03. The van der Waals surface area contributed by atoms with Crippen LogP contribution in [0.15, 0.2) is 23.1 Å². The highest BCUT2D eigenvalue weighted by molar-refractivity contribution is 7.95. The summed E-state index contributed by atoms with van der Waals surface area (Å²) in [5, 5.41) is 10.1. The smallest absolute Gasteiger partial charge is 0.258 e. The molecule has 0 amide bonds. The van der Waals surface area contributed by atoms with Gasteiger partial charge >= 0.3 is 0 Å². The van der Waals surface area contributed by atoms with Crippen LogP contribution >= 0.6 is 0 Å². The first-order valence-corrected chi connectivity index (χ1v) is 13.6. The van der Waals surface area contributed by atoms with Crippen molar-refractivity contribution >= 4 is 35.6 Å². The molecule has 14 heteroatoms. The first kappa shape index (κ1) is 22.1. The molecule has 162 valence electrons. The molecule has 1 aromatic carbocycles. The maximum atomic E-state index is 12.9. The van der Waals surface area contributed by atoms with E-state index in [0.717, 1.165) is 8.61 Å². The van der Waals surface area contributed by atoms with Gasteiger partial charge < -0.3 is 0 Å². The number of sulfone groups is 1. The number of piperazine rings is 1. The Morgan fingerprint density at radius 1 is 1.07 bits per heavy atom. The molecule has 0 radical (unpaired) electrons. The highest BCUT2D eigenvalue weighted by Gasteiger charge is 2.42. The second kappa shape index (κ2) is 7.58. The molecular formula is C15H21N3O8S3. The van der Waals surface area contributed by atoms with E-state index in [0.29, 0.717) is 0 Å². The van der Waals surface area contributed by atoms with E-state index in [4.69, 9.17) is 0 Å². The summed E-state index contributed by atoms with van der Waals surface area (Å²) in [6, 6.07) is 3.79. The maximum Gasteiger partial charge on any atom is 0.273 e. The lowest BCUT2D eigenvalue weighted by molar-refractivity contribution is -0.385. The Kier molecular flexibility index (Phi) is 5.77. The van der Waals surface area contributed by atoms with Gasteiger partial charge in [-0.25, -0.2) is 25.3 Å². The molecule has 0 spiro atoms. The molecule has 29 heavy (non-hydrogen) atoms. The van der Waals surface area contributed by atoms with Crippen molar-refractivity contribution in [1.82, 2.24) is 8.61 Å². The number of nitro benzene ring substituents is 1. The number of benzene rings is 1. The lowest BCUT2D eigenvalue weighted by Crippen LogP contribution is -2.52. The van der Waals surface area contributed by atoms with Gasteiger partial charge in [0.15, 0.2) is 9.84 Å². The molecule has 11 nitrogen and oxygen atoms in total. The first-order chi connectivity index (χ1) is 13.4. The van der Waals surface area contributed by atoms with Crippen LogP contribution in [0.4, 0.5) is 5.69 Å². The van der Waals surface area contributed by atoms with Crippen molar-refractivity contribution in [2.45, 2.75) is 23.5 Å². The average Bonchev–Trinajstić information content (AvgIpc) is 3.02. The number of hydrogen-bond acceptors (Lipinski definition) is 8. The van der Waals surface area contributed by atoms with Gasteiger partial charge in [0.05, 0.1) is 26.6 Å². The van der Waals surface area contributed by atoms with Gasteiger partial charge in [0.2, 0.25) is 20.0 Å². The van der Waals surface area contributed by atoms with E-state index in [1.54, 1.807) is 0 Å². The van der Waals surface area contributed by atoms with Crippen LogP contribution in [-0.4, -0.2) is 81.7 Å². The van der Waals surface area contributed by atoms with Crippen LogP contribution in [0, 0.1) is 17.0 Å². The predicted molar refractivity (Wildman–Crippen MR) is 104 cm³/mol. The van der Waals surface area contributed by atoms with Crippen molar-refractivity contribution in [3.8, 4) is 0 Å². The van der Waals surface area contributed by atoms with E-state index >= 15 is 0 Å². The molecule has 0 N–H and O–H groups in total. The average molecular weight is 468 g/mol. The standard InChI is InChI=1S/C15H21N3O8S3/c1-12-14(18(19)20)3-2-4-15(12)29(25,26)17-8-6-16(7-9-17)28(23,24)13-5-10-27(21,22)11-13/h2-4,13H,5-11H2,1H3. The van der Waals surface area contributed by atoms with E-state index < -0.39 is 45.8 Å². The van der Waals surface area contributed by atoms with Gasteiger partial charge in [-0.3, -0.25) is 10.1 Å². The Hall–Kier alpha value is -1.61. The molecule has 2 aliphatic heterocycles. The quantitative estimate of drug-likeness (QED) is 0.424. The molecule has 1 atom stereocenters. The van der Waals surface area contributed by atoms with Gasteiger partial charge in [-0.2, -0.15) is 8.61 Å². The summed E-state index contributed by atoms with van der Waals surface area (Å²) in [5.74, 6) is -0.585. The largest absolute Gasteiger partial charge is 0.273 e. The number of nitro groups is 1. The van der Waals surface area contributed by atoms with Crippen LogP contribution in [0.25, 0.3) is 0 Å². The van der Waals surface area contributed by atoms with E-state index in [1.807, 2.05) is 0 Å². The molecule has 0 bridgehead atoms. The SMILES string of the molecule is Cc1c([N+](=O)[O-])cccc1S(=O)(=O)N1CCN(S(=O)(=O)C2CCS(=O)(=O)C2)CC1. The third-order valence-corrected chi connectivity index (χ3v) is 11.6. The van der Waals surface area contributed by atoms with Gasteiger partial charge in [0, 0.05) is 37.8 Å². The van der Waals surface area contributed by atoms with Gasteiger partial charge in [-0.05, 0) is 19.4 Å². The molecule has 0 saturated carbocycles. The second-order valence-corrected chi connectivity index (χ2v) is 13.4. The Morgan fingerprint density at radius 3 is 2.17 bits per heavy atom. The molecule has 2 aliphatic rings. The third kappa shape index (κ3) is 4.17. The Bertz CT molecular complexity index is 1140. The third-order valence-electron chi connectivity index (χ3n) is 5.24. The van der Waals surface area contributed by atoms with E-state index in [2.05, 4.69) is 0 Å². The lowest BCUT2D eigenvalue weighted by atomic mass is 10.2. The number of nitrogens with zero attached hydrogens (tertiary/aromatic N) is 3. The fraction of sp³-hybridized carbons (Fsp3) is 0.600. The molecular weight excluding hydrogens is 446 g/mol. The van der Waals surface area contributed by atoms with Crippen LogP contribution in [0.2, 0.25) is 0 Å². The number of rotatable bonds is 5. The zero-order chi connectivity index (χ0) is 21.6. The number of sulfonamides is 2. The topological polar surface area (TPSA) is 152 Å². The minimum absolute atomic E-state index is 0.0173. The molecule has 2 fully saturated rings. The monoisotopic (exact) mass is 467 g/mol. The summed E-state index contributed by atoms with van der Waals surface area (Å²) in [4.78, 5) is 10.2. The van der Waals surface area contributed by atoms with Crippen LogP contribution in [-0.2, 0) is 29.9 Å². The summed E-state index contributed by atoms with van der Waals surface area (Å²) < 4.78 is 76.7. The zero-order valence-electron chi connectivity index (χ0n) is 15.6. The lowest BCUT2D eigenvalue weighted by Gasteiger charge is -2.34. The summed E-state index contributed by atoms with van der Waals surface area (Å²) in [7, 11) is -11.3. The van der Waals surface area contributed by atoms with Gasteiger partial charge in [0.25, 0.3) is 5.69 Å². The van der Waals surface area contributed by atoms with Crippen LogP contribution in [0.3, 0.4) is 0 Å². The highest BCUT2D eigenvalue weighted by atomic mass is 32.2. The van der Waals surface area contributed by atoms with Crippen LogP contribution in [0.5, 0.6) is 0 Å². The maximum absolute atomic E-state index is 12.9. The Labute approximate surface area is 169 Å². The summed E-state index contributed by atoms with van der Waals surface area (Å²) in [6.07, 6.45) is 0.0378. The van der Waals surface area contributed by atoms with Crippen molar-refractivity contribution < 1.29 is 30.2 Å². The highest BCUT2D eigenvalue weighted by Crippen LogP contribution is 2.29. The molecule has 3 rings (SSSR count). The van der Waals surface area contributed by atoms with E-state index in [-0.39, 0.29) is 54.5 Å². The minimum atomic E-state index is -4.04. The molecule has 2 saturated heterocycles. The first-order valence-electron chi connectivity index (χ1n) is 8.80. The van der Waals surface area contributed by atoms with Crippen molar-refractivity contribution in [1.29, 1.82) is 0 Å². The Balaban J connectivity index is 1.77. The molecule has 2 heterocycles. The van der Waals surface area contributed by atoms with Gasteiger partial charge in [0.1, 0.15) is 0 Å². The van der Waals surface area contributed by atoms with Crippen molar-refractivity contribution in [3.05, 3.63) is 33.9 Å². The van der Waals surface area contributed by atoms with Crippen molar-refractivity contribution in [2.75, 3.05) is 37.7 Å². The van der Waals surface area contributed by atoms with Crippen molar-refractivity contribution in [2.24, 2.45) is 0 Å². The zero-order valence-corrected chi connectivity index (χ0v) is 18.0. The van der Waals surface area contributed by atoms with Gasteiger partial charge in [-0.1, -0.05) is 6.07 Å². The number of hydrogen-bond donors (Lipinski definition) is 0. The van der Waals surface area contributed by atoms with Crippen LogP contribution in [0.1, 0.15) is 12.0 Å².